The van der Waals surface area contributed by atoms with E-state index in [1.807, 2.05) is 0 Å². The number of rotatable bonds is 9. The summed E-state index contributed by atoms with van der Waals surface area (Å²) in [7, 11) is 1.75. The van der Waals surface area contributed by atoms with Crippen molar-refractivity contribution in [3.05, 3.63) is 65.9 Å². The van der Waals surface area contributed by atoms with Crippen LogP contribution in [-0.2, 0) is 11.2 Å². The molecule has 150 valence electrons. The van der Waals surface area contributed by atoms with E-state index in [4.69, 9.17) is 9.72 Å². The third-order valence-electron chi connectivity index (χ3n) is 6.01. The van der Waals surface area contributed by atoms with E-state index in [2.05, 4.69) is 61.7 Å². The van der Waals surface area contributed by atoms with Gasteiger partial charge in [-0.1, -0.05) is 62.2 Å². The van der Waals surface area contributed by atoms with E-state index in [9.17, 15) is 0 Å². The van der Waals surface area contributed by atoms with Crippen LogP contribution in [0.1, 0.15) is 68.9 Å². The highest BCUT2D eigenvalue weighted by Gasteiger charge is 2.20. The Morgan fingerprint density at radius 3 is 2.43 bits per heavy atom. The molecule has 1 aromatic heterocycles. The van der Waals surface area contributed by atoms with Crippen LogP contribution < -0.4 is 0 Å². The molecule has 0 N–H and O–H groups in total. The molecule has 2 nitrogen and oxygen atoms in total. The highest BCUT2D eigenvalue weighted by Crippen LogP contribution is 2.36. The van der Waals surface area contributed by atoms with Crippen LogP contribution in [0.25, 0.3) is 11.3 Å². The van der Waals surface area contributed by atoms with E-state index in [0.717, 1.165) is 24.6 Å². The number of hydrogen-bond donors (Lipinski definition) is 0. The minimum atomic E-state index is 0.704. The van der Waals surface area contributed by atoms with E-state index in [0.29, 0.717) is 5.92 Å². The lowest BCUT2D eigenvalue weighted by Gasteiger charge is -2.27. The second kappa shape index (κ2) is 11.2. The largest absolute Gasteiger partial charge is 0.381 e. The van der Waals surface area contributed by atoms with Gasteiger partial charge in [0.2, 0.25) is 0 Å². The normalized spacial score (nSPS) is 19.9. The number of ether oxygens (including phenoxy) is 1. The first kappa shape index (κ1) is 20.8. The van der Waals surface area contributed by atoms with Gasteiger partial charge in [0.1, 0.15) is 0 Å². The number of benzene rings is 1. The molecule has 0 radical (unpaired) electrons. The van der Waals surface area contributed by atoms with Crippen LogP contribution in [0.15, 0.2) is 54.7 Å². The Bertz CT molecular complexity index is 709. The van der Waals surface area contributed by atoms with Crippen LogP contribution in [0, 0.1) is 5.92 Å². The van der Waals surface area contributed by atoms with Crippen LogP contribution in [-0.4, -0.2) is 18.7 Å². The van der Waals surface area contributed by atoms with Crippen LogP contribution >= 0.6 is 0 Å². The summed E-state index contributed by atoms with van der Waals surface area (Å²) in [4.78, 5) is 4.70. The molecule has 3 rings (SSSR count). The Balaban J connectivity index is 1.54. The quantitative estimate of drug-likeness (QED) is 0.348. The molecule has 1 aliphatic carbocycles. The maximum Gasteiger partial charge on any atom is 0.0702 e. The lowest BCUT2D eigenvalue weighted by Crippen LogP contribution is -2.11. The summed E-state index contributed by atoms with van der Waals surface area (Å²) in [5.74, 6) is 1.43. The van der Waals surface area contributed by atoms with E-state index in [1.54, 1.807) is 7.11 Å². The zero-order valence-corrected chi connectivity index (χ0v) is 17.6. The molecule has 0 atom stereocenters. The molecular formula is C26H35NO. The van der Waals surface area contributed by atoms with Gasteiger partial charge in [0.15, 0.2) is 0 Å². The van der Waals surface area contributed by atoms with Crippen molar-refractivity contribution in [3.8, 4) is 11.3 Å². The predicted molar refractivity (Wildman–Crippen MR) is 119 cm³/mol. The Hall–Kier alpha value is -1.93. The van der Waals surface area contributed by atoms with Gasteiger partial charge in [0, 0.05) is 18.9 Å². The van der Waals surface area contributed by atoms with Crippen LogP contribution in [0.2, 0.25) is 0 Å². The molecular weight excluding hydrogens is 342 g/mol. The molecule has 1 aliphatic rings. The second-order valence-corrected chi connectivity index (χ2v) is 8.13. The molecule has 0 aliphatic heterocycles. The van der Waals surface area contributed by atoms with E-state index < -0.39 is 0 Å². The number of nitrogens with zero attached hydrogens (tertiary/aromatic N) is 1. The monoisotopic (exact) mass is 377 g/mol. The molecule has 2 aromatic rings. The first-order valence-corrected chi connectivity index (χ1v) is 11.0. The van der Waals surface area contributed by atoms with Gasteiger partial charge < -0.3 is 4.74 Å². The summed E-state index contributed by atoms with van der Waals surface area (Å²) in [5.41, 5.74) is 5.14. The van der Waals surface area contributed by atoms with Gasteiger partial charge in [-0.05, 0) is 67.6 Å². The standard InChI is InChI=1S/C26H35NO/c1-3-4-5-7-22-11-18-26(27-20-22)25-16-14-24(15-17-25)23-12-9-21(10-13-23)8-6-19-28-2/h6,8,11,14-18,20-21,23H,3-5,7,9-10,12-13,19H2,1-2H3/b8-6+. The third kappa shape index (κ3) is 6.04. The fourth-order valence-electron chi connectivity index (χ4n) is 4.24. The smallest absolute Gasteiger partial charge is 0.0702 e. The number of allylic oxidation sites excluding steroid dienone is 1. The maximum atomic E-state index is 5.11. The minimum absolute atomic E-state index is 0.704. The average Bonchev–Trinajstić information content (AvgIpc) is 2.75. The van der Waals surface area contributed by atoms with Crippen LogP contribution in [0.4, 0.5) is 0 Å². The Morgan fingerprint density at radius 2 is 1.79 bits per heavy atom. The predicted octanol–water partition coefficient (Wildman–Crippen LogP) is 6.96. The molecule has 1 fully saturated rings. The van der Waals surface area contributed by atoms with Gasteiger partial charge in [0.05, 0.1) is 12.3 Å². The fourth-order valence-corrected chi connectivity index (χ4v) is 4.24. The van der Waals surface area contributed by atoms with Crippen molar-refractivity contribution in [2.24, 2.45) is 5.92 Å². The number of hydrogen-bond acceptors (Lipinski definition) is 2. The molecule has 28 heavy (non-hydrogen) atoms. The number of unbranched alkanes of at least 4 members (excludes halogenated alkanes) is 2. The molecule has 1 heterocycles. The van der Waals surface area contributed by atoms with E-state index in [-0.39, 0.29) is 0 Å². The van der Waals surface area contributed by atoms with Crippen molar-refractivity contribution in [2.75, 3.05) is 13.7 Å². The Morgan fingerprint density at radius 1 is 1.00 bits per heavy atom. The minimum Gasteiger partial charge on any atom is -0.381 e. The van der Waals surface area contributed by atoms with Crippen molar-refractivity contribution in [1.82, 2.24) is 4.98 Å². The van der Waals surface area contributed by atoms with Crippen LogP contribution in [0.5, 0.6) is 0 Å². The van der Waals surface area contributed by atoms with Crippen molar-refractivity contribution >= 4 is 0 Å². The van der Waals surface area contributed by atoms with Crippen molar-refractivity contribution < 1.29 is 4.74 Å². The summed E-state index contributed by atoms with van der Waals surface area (Å²) < 4.78 is 5.11. The fraction of sp³-hybridized carbons (Fsp3) is 0.500. The number of aryl methyl sites for hydroxylation is 1. The number of aromatic nitrogens is 1. The average molecular weight is 378 g/mol. The molecule has 2 heteroatoms. The summed E-state index contributed by atoms with van der Waals surface area (Å²) in [5, 5.41) is 0. The van der Waals surface area contributed by atoms with Crippen molar-refractivity contribution in [3.63, 3.8) is 0 Å². The zero-order chi connectivity index (χ0) is 19.6. The summed E-state index contributed by atoms with van der Waals surface area (Å²) >= 11 is 0. The number of methoxy groups -OCH3 is 1. The Labute approximate surface area is 171 Å². The van der Waals surface area contributed by atoms with Gasteiger partial charge in [-0.15, -0.1) is 0 Å². The van der Waals surface area contributed by atoms with Crippen molar-refractivity contribution in [2.45, 2.75) is 64.2 Å². The topological polar surface area (TPSA) is 22.1 Å². The molecule has 0 spiro atoms. The lowest BCUT2D eigenvalue weighted by atomic mass is 9.78. The highest BCUT2D eigenvalue weighted by atomic mass is 16.5. The van der Waals surface area contributed by atoms with Gasteiger partial charge in [0.25, 0.3) is 0 Å². The van der Waals surface area contributed by atoms with Gasteiger partial charge in [-0.25, -0.2) is 0 Å². The molecule has 0 amide bonds. The summed E-state index contributed by atoms with van der Waals surface area (Å²) in [6.45, 7) is 2.98. The first-order valence-electron chi connectivity index (χ1n) is 11.0. The lowest BCUT2D eigenvalue weighted by molar-refractivity contribution is 0.233. The van der Waals surface area contributed by atoms with Gasteiger partial charge in [-0.3, -0.25) is 4.98 Å². The molecule has 0 bridgehead atoms. The highest BCUT2D eigenvalue weighted by molar-refractivity contribution is 5.59. The van der Waals surface area contributed by atoms with E-state index >= 15 is 0 Å². The SMILES string of the molecule is CCCCCc1ccc(-c2ccc(C3CCC(/C=C/COC)CC3)cc2)nc1. The maximum absolute atomic E-state index is 5.11. The zero-order valence-electron chi connectivity index (χ0n) is 17.6. The summed E-state index contributed by atoms with van der Waals surface area (Å²) in [6.07, 6.45) is 16.7. The summed E-state index contributed by atoms with van der Waals surface area (Å²) in [6, 6.07) is 13.5. The Kier molecular flexibility index (Phi) is 8.29. The third-order valence-corrected chi connectivity index (χ3v) is 6.01. The first-order chi connectivity index (χ1) is 13.8. The number of pyridine rings is 1. The van der Waals surface area contributed by atoms with Gasteiger partial charge in [-0.2, -0.15) is 0 Å². The molecule has 0 unspecified atom stereocenters. The second-order valence-electron chi connectivity index (χ2n) is 8.13. The van der Waals surface area contributed by atoms with Crippen LogP contribution in [0.3, 0.4) is 0 Å². The van der Waals surface area contributed by atoms with Crippen molar-refractivity contribution in [1.29, 1.82) is 0 Å². The molecule has 1 aromatic carbocycles. The molecule has 0 saturated heterocycles. The molecule has 1 saturated carbocycles. The van der Waals surface area contributed by atoms with E-state index in [1.165, 1.54) is 61.6 Å². The van der Waals surface area contributed by atoms with Gasteiger partial charge >= 0.3 is 0 Å².